The van der Waals surface area contributed by atoms with E-state index in [1.165, 1.54) is 0 Å². The molecule has 2 fully saturated rings. The second kappa shape index (κ2) is 6.14. The smallest absolute Gasteiger partial charge is 0.310 e. The largest absolute Gasteiger partial charge is 0.466 e. The maximum Gasteiger partial charge on any atom is 0.310 e. The Balaban J connectivity index is 2.05. The zero-order valence-corrected chi connectivity index (χ0v) is 11.1. The monoisotopic (exact) mass is 269 g/mol. The lowest BCUT2D eigenvalue weighted by Crippen LogP contribution is -2.45. The van der Waals surface area contributed by atoms with Gasteiger partial charge in [-0.2, -0.15) is 0 Å². The van der Waals surface area contributed by atoms with Crippen LogP contribution in [0.5, 0.6) is 0 Å². The molecule has 1 amide bonds. The number of ether oxygens (including phenoxy) is 2. The summed E-state index contributed by atoms with van der Waals surface area (Å²) in [6.45, 7) is 4.06. The molecule has 1 aliphatic carbocycles. The van der Waals surface area contributed by atoms with Gasteiger partial charge in [-0.15, -0.1) is 0 Å². The number of carbonyl (C=O) groups excluding carboxylic acids is 3. The van der Waals surface area contributed by atoms with E-state index in [-0.39, 0.29) is 31.1 Å². The molecule has 1 aliphatic heterocycles. The Hall–Kier alpha value is -1.43. The second-order valence-corrected chi connectivity index (χ2v) is 4.85. The average Bonchev–Trinajstić information content (AvgIpc) is 2.81. The molecule has 0 aromatic heterocycles. The van der Waals surface area contributed by atoms with Crippen LogP contribution in [0.15, 0.2) is 0 Å². The molecular weight excluding hydrogens is 250 g/mol. The number of hydrogen-bond acceptors (Lipinski definition) is 5. The third kappa shape index (κ3) is 3.12. The number of ketones is 1. The van der Waals surface area contributed by atoms with E-state index in [2.05, 4.69) is 0 Å². The summed E-state index contributed by atoms with van der Waals surface area (Å²) >= 11 is 0. The van der Waals surface area contributed by atoms with E-state index >= 15 is 0 Å². The highest BCUT2D eigenvalue weighted by Gasteiger charge is 2.44. The van der Waals surface area contributed by atoms with Crippen LogP contribution in [0.4, 0.5) is 0 Å². The van der Waals surface area contributed by atoms with Crippen molar-refractivity contribution < 1.29 is 23.9 Å². The molecule has 0 aromatic rings. The molecule has 0 bridgehead atoms. The van der Waals surface area contributed by atoms with Crippen molar-refractivity contribution in [1.29, 1.82) is 0 Å². The summed E-state index contributed by atoms with van der Waals surface area (Å²) in [4.78, 5) is 37.4. The van der Waals surface area contributed by atoms with Gasteiger partial charge in [-0.05, 0) is 6.92 Å². The van der Waals surface area contributed by atoms with E-state index in [9.17, 15) is 14.4 Å². The highest BCUT2D eigenvalue weighted by Crippen LogP contribution is 2.32. The van der Waals surface area contributed by atoms with Crippen molar-refractivity contribution in [2.75, 3.05) is 32.9 Å². The summed E-state index contributed by atoms with van der Waals surface area (Å²) in [6, 6.07) is 0. The third-order valence-electron chi connectivity index (χ3n) is 3.61. The van der Waals surface area contributed by atoms with Gasteiger partial charge in [0.05, 0.1) is 31.7 Å². The average molecular weight is 269 g/mol. The summed E-state index contributed by atoms with van der Waals surface area (Å²) in [7, 11) is 0. The fraction of sp³-hybridized carbons (Fsp3) is 0.769. The van der Waals surface area contributed by atoms with Crippen LogP contribution in [-0.2, 0) is 23.9 Å². The van der Waals surface area contributed by atoms with E-state index in [4.69, 9.17) is 9.47 Å². The van der Waals surface area contributed by atoms with Crippen LogP contribution in [0.25, 0.3) is 0 Å². The highest BCUT2D eigenvalue weighted by molar-refractivity contribution is 5.96. The predicted molar refractivity (Wildman–Crippen MR) is 65.3 cm³/mol. The molecule has 0 radical (unpaired) electrons. The van der Waals surface area contributed by atoms with Gasteiger partial charge >= 0.3 is 5.97 Å². The van der Waals surface area contributed by atoms with Crippen molar-refractivity contribution in [3.05, 3.63) is 0 Å². The maximum atomic E-state index is 12.4. The number of nitrogens with zero attached hydrogens (tertiary/aromatic N) is 1. The van der Waals surface area contributed by atoms with Crippen molar-refractivity contribution in [2.45, 2.75) is 19.8 Å². The van der Waals surface area contributed by atoms with E-state index in [1.54, 1.807) is 11.8 Å². The minimum absolute atomic E-state index is 0.0373. The molecule has 106 valence electrons. The van der Waals surface area contributed by atoms with Crippen LogP contribution in [0.2, 0.25) is 0 Å². The number of esters is 1. The quantitative estimate of drug-likeness (QED) is 0.674. The molecule has 0 spiro atoms. The Morgan fingerprint density at radius 2 is 1.89 bits per heavy atom. The van der Waals surface area contributed by atoms with E-state index < -0.39 is 17.8 Å². The van der Waals surface area contributed by atoms with E-state index in [0.717, 1.165) is 0 Å². The third-order valence-corrected chi connectivity index (χ3v) is 3.61. The Morgan fingerprint density at radius 3 is 2.53 bits per heavy atom. The minimum Gasteiger partial charge on any atom is -0.466 e. The first kappa shape index (κ1) is 14.0. The number of Topliss-reactive ketones (excluding diaryl/α,β-unsaturated/α-hetero) is 1. The first-order valence-electron chi connectivity index (χ1n) is 6.68. The molecule has 2 aliphatic rings. The lowest BCUT2D eigenvalue weighted by atomic mass is 9.94. The number of amides is 1. The zero-order valence-electron chi connectivity index (χ0n) is 11.1. The number of rotatable bonds is 3. The first-order valence-corrected chi connectivity index (χ1v) is 6.68. The molecular formula is C13H19NO5. The van der Waals surface area contributed by atoms with Gasteiger partial charge in [0.2, 0.25) is 5.91 Å². The van der Waals surface area contributed by atoms with Crippen molar-refractivity contribution in [1.82, 2.24) is 4.90 Å². The van der Waals surface area contributed by atoms with Gasteiger partial charge in [-0.3, -0.25) is 14.4 Å². The van der Waals surface area contributed by atoms with Gasteiger partial charge in [-0.1, -0.05) is 0 Å². The zero-order chi connectivity index (χ0) is 13.8. The number of morpholine rings is 1. The standard InChI is InChI=1S/C13H19NO5/c1-2-19-13(17)11-8-9(15)7-10(11)12(16)14-3-5-18-6-4-14/h10-11H,2-8H2,1H3/t10-,11-/m1/s1. The van der Waals surface area contributed by atoms with Crippen molar-refractivity contribution in [2.24, 2.45) is 11.8 Å². The molecule has 1 saturated carbocycles. The van der Waals surface area contributed by atoms with Crippen LogP contribution in [0.1, 0.15) is 19.8 Å². The summed E-state index contributed by atoms with van der Waals surface area (Å²) < 4.78 is 10.1. The molecule has 6 nitrogen and oxygen atoms in total. The normalized spacial score (nSPS) is 27.4. The Bertz CT molecular complexity index is 375. The van der Waals surface area contributed by atoms with E-state index in [1.807, 2.05) is 0 Å². The van der Waals surface area contributed by atoms with Gasteiger partial charge in [0.25, 0.3) is 0 Å². The van der Waals surface area contributed by atoms with Gasteiger partial charge in [0, 0.05) is 25.9 Å². The molecule has 1 heterocycles. The summed E-state index contributed by atoms with van der Waals surface area (Å²) in [5, 5.41) is 0. The Morgan fingerprint density at radius 1 is 1.26 bits per heavy atom. The first-order chi connectivity index (χ1) is 9.13. The summed E-state index contributed by atoms with van der Waals surface area (Å²) in [6.07, 6.45) is 0.277. The number of hydrogen-bond donors (Lipinski definition) is 0. The summed E-state index contributed by atoms with van der Waals surface area (Å²) in [5.41, 5.74) is 0. The molecule has 0 unspecified atom stereocenters. The SMILES string of the molecule is CCOC(=O)[C@@H]1CC(=O)C[C@H]1C(=O)N1CCOCC1. The fourth-order valence-electron chi connectivity index (χ4n) is 2.63. The highest BCUT2D eigenvalue weighted by atomic mass is 16.5. The van der Waals surface area contributed by atoms with Crippen molar-refractivity contribution in [3.8, 4) is 0 Å². The van der Waals surface area contributed by atoms with Crippen LogP contribution >= 0.6 is 0 Å². The minimum atomic E-state index is -0.609. The molecule has 2 rings (SSSR count). The molecule has 19 heavy (non-hydrogen) atoms. The topological polar surface area (TPSA) is 72.9 Å². The molecule has 1 saturated heterocycles. The van der Waals surface area contributed by atoms with E-state index in [0.29, 0.717) is 26.3 Å². The number of carbonyl (C=O) groups is 3. The molecule has 2 atom stereocenters. The van der Waals surface area contributed by atoms with Crippen molar-refractivity contribution in [3.63, 3.8) is 0 Å². The maximum absolute atomic E-state index is 12.4. The van der Waals surface area contributed by atoms with Crippen molar-refractivity contribution >= 4 is 17.7 Å². The molecule has 0 aromatic carbocycles. The lowest BCUT2D eigenvalue weighted by Gasteiger charge is -2.30. The van der Waals surface area contributed by atoms with Crippen LogP contribution in [0, 0.1) is 11.8 Å². The van der Waals surface area contributed by atoms with Gasteiger partial charge in [0.1, 0.15) is 5.78 Å². The van der Waals surface area contributed by atoms with Crippen LogP contribution in [0.3, 0.4) is 0 Å². The Labute approximate surface area is 112 Å². The summed E-state index contributed by atoms with van der Waals surface area (Å²) in [5.74, 6) is -1.75. The molecule has 0 N–H and O–H groups in total. The predicted octanol–water partition coefficient (Wildman–Crippen LogP) is 0.00360. The van der Waals surface area contributed by atoms with Gasteiger partial charge in [0.15, 0.2) is 0 Å². The Kier molecular flexibility index (Phi) is 4.52. The van der Waals surface area contributed by atoms with Crippen LogP contribution < -0.4 is 0 Å². The lowest BCUT2D eigenvalue weighted by molar-refractivity contribution is -0.154. The van der Waals surface area contributed by atoms with Gasteiger partial charge in [-0.25, -0.2) is 0 Å². The van der Waals surface area contributed by atoms with Crippen LogP contribution in [-0.4, -0.2) is 55.5 Å². The fourth-order valence-corrected chi connectivity index (χ4v) is 2.63. The molecule has 6 heteroatoms. The van der Waals surface area contributed by atoms with Gasteiger partial charge < -0.3 is 14.4 Å². The second-order valence-electron chi connectivity index (χ2n) is 4.85.